The lowest BCUT2D eigenvalue weighted by Gasteiger charge is -2.34. The molecule has 0 spiro atoms. The van der Waals surface area contributed by atoms with Crippen LogP contribution in [0.5, 0.6) is 11.5 Å². The highest BCUT2D eigenvalue weighted by molar-refractivity contribution is 5.85. The lowest BCUT2D eigenvalue weighted by molar-refractivity contribution is -0.286. The Morgan fingerprint density at radius 2 is 1.65 bits per heavy atom. The van der Waals surface area contributed by atoms with Gasteiger partial charge in [0.2, 0.25) is 0 Å². The van der Waals surface area contributed by atoms with Crippen molar-refractivity contribution in [1.29, 1.82) is 0 Å². The molecule has 2 aliphatic rings. The Kier molecular flexibility index (Phi) is 6.76. The fraction of sp³-hybridized carbons (Fsp3) is 0.538. The summed E-state index contributed by atoms with van der Waals surface area (Å²) in [7, 11) is 0. The number of hydrogen-bond donors (Lipinski definition) is 1. The fourth-order valence-electron chi connectivity index (χ4n) is 2.63. The van der Waals surface area contributed by atoms with Gasteiger partial charge in [-0.2, -0.15) is 0 Å². The van der Waals surface area contributed by atoms with Gasteiger partial charge in [0.15, 0.2) is 11.5 Å². The molecule has 3 rings (SSSR count). The average molecular weight is 379 g/mol. The minimum atomic E-state index is -3.74. The van der Waals surface area contributed by atoms with E-state index >= 15 is 0 Å². The van der Waals surface area contributed by atoms with E-state index in [-0.39, 0.29) is 41.9 Å². The van der Waals surface area contributed by atoms with E-state index in [2.05, 4.69) is 14.8 Å². The zero-order chi connectivity index (χ0) is 15.0. The SMILES string of the molecule is Cl.Cl.FC(F)[C@H](c1ccc2c(c1)OC(F)(F)O2)N1CCNCC1. The van der Waals surface area contributed by atoms with Crippen LogP contribution in [0.25, 0.3) is 0 Å². The largest absolute Gasteiger partial charge is 0.586 e. The maximum atomic E-state index is 13.4. The molecule has 1 saturated heterocycles. The lowest BCUT2D eigenvalue weighted by Crippen LogP contribution is -2.46. The van der Waals surface area contributed by atoms with Crippen molar-refractivity contribution in [3.63, 3.8) is 0 Å². The molecular weight excluding hydrogens is 363 g/mol. The Balaban J connectivity index is 0.00000132. The van der Waals surface area contributed by atoms with Crippen molar-refractivity contribution in [2.45, 2.75) is 18.8 Å². The van der Waals surface area contributed by atoms with Gasteiger partial charge in [-0.25, -0.2) is 8.78 Å². The number of fused-ring (bicyclic) bond motifs is 1. The van der Waals surface area contributed by atoms with Gasteiger partial charge in [-0.3, -0.25) is 4.90 Å². The topological polar surface area (TPSA) is 33.7 Å². The van der Waals surface area contributed by atoms with Crippen molar-refractivity contribution in [1.82, 2.24) is 10.2 Å². The van der Waals surface area contributed by atoms with Crippen LogP contribution in [0.15, 0.2) is 18.2 Å². The van der Waals surface area contributed by atoms with Crippen LogP contribution in [-0.2, 0) is 0 Å². The summed E-state index contributed by atoms with van der Waals surface area (Å²) in [4.78, 5) is 1.64. The summed E-state index contributed by atoms with van der Waals surface area (Å²) >= 11 is 0. The van der Waals surface area contributed by atoms with E-state index in [1.165, 1.54) is 18.2 Å². The molecule has 0 aliphatic carbocycles. The normalized spacial score (nSPS) is 20.6. The molecule has 0 bridgehead atoms. The number of piperazine rings is 1. The van der Waals surface area contributed by atoms with Gasteiger partial charge in [0.1, 0.15) is 0 Å². The highest BCUT2D eigenvalue weighted by Gasteiger charge is 2.44. The quantitative estimate of drug-likeness (QED) is 0.819. The number of benzene rings is 1. The third-order valence-corrected chi connectivity index (χ3v) is 3.55. The lowest BCUT2D eigenvalue weighted by atomic mass is 10.0. The first kappa shape index (κ1) is 20.1. The van der Waals surface area contributed by atoms with Crippen molar-refractivity contribution >= 4 is 24.8 Å². The van der Waals surface area contributed by atoms with Gasteiger partial charge in [0.05, 0.1) is 6.04 Å². The Hall–Kier alpha value is -0.960. The molecule has 0 aromatic heterocycles. The van der Waals surface area contributed by atoms with Crippen LogP contribution < -0.4 is 14.8 Å². The summed E-state index contributed by atoms with van der Waals surface area (Å²) in [5.41, 5.74) is 0.243. The molecule has 10 heteroatoms. The molecule has 1 N–H and O–H groups in total. The van der Waals surface area contributed by atoms with Crippen LogP contribution in [0.3, 0.4) is 0 Å². The molecule has 1 aromatic rings. The number of nitrogens with zero attached hydrogens (tertiary/aromatic N) is 1. The molecule has 0 unspecified atom stereocenters. The second-order valence-electron chi connectivity index (χ2n) is 4.94. The summed E-state index contributed by atoms with van der Waals surface area (Å²) in [6.45, 7) is 2.18. The van der Waals surface area contributed by atoms with Gasteiger partial charge in [0.25, 0.3) is 6.43 Å². The second-order valence-corrected chi connectivity index (χ2v) is 4.94. The maximum Gasteiger partial charge on any atom is 0.586 e. The molecule has 1 atom stereocenters. The van der Waals surface area contributed by atoms with Gasteiger partial charge in [-0.15, -0.1) is 33.6 Å². The van der Waals surface area contributed by atoms with Crippen molar-refractivity contribution in [3.05, 3.63) is 23.8 Å². The van der Waals surface area contributed by atoms with Crippen molar-refractivity contribution in [2.24, 2.45) is 0 Å². The Bertz CT molecular complexity index is 531. The Morgan fingerprint density at radius 3 is 2.26 bits per heavy atom. The first-order valence-corrected chi connectivity index (χ1v) is 6.59. The minimum Gasteiger partial charge on any atom is -0.395 e. The molecular formula is C13H16Cl2F4N2O2. The average Bonchev–Trinajstić information content (AvgIpc) is 2.73. The van der Waals surface area contributed by atoms with E-state index in [0.29, 0.717) is 26.2 Å². The minimum absolute atomic E-state index is 0. The van der Waals surface area contributed by atoms with Crippen molar-refractivity contribution < 1.29 is 27.0 Å². The predicted octanol–water partition coefficient (Wildman–Crippen LogP) is 3.06. The number of ether oxygens (including phenoxy) is 2. The molecule has 132 valence electrons. The van der Waals surface area contributed by atoms with Crippen LogP contribution in [-0.4, -0.2) is 43.8 Å². The van der Waals surface area contributed by atoms with E-state index in [0.717, 1.165) is 0 Å². The monoisotopic (exact) mass is 378 g/mol. The summed E-state index contributed by atoms with van der Waals surface area (Å²) in [6.07, 6.45) is -6.36. The third-order valence-electron chi connectivity index (χ3n) is 3.55. The molecule has 4 nitrogen and oxygen atoms in total. The highest BCUT2D eigenvalue weighted by Crippen LogP contribution is 2.43. The number of rotatable bonds is 3. The van der Waals surface area contributed by atoms with Crippen LogP contribution >= 0.6 is 24.8 Å². The van der Waals surface area contributed by atoms with Gasteiger partial charge in [-0.1, -0.05) is 6.07 Å². The van der Waals surface area contributed by atoms with E-state index in [1.807, 2.05) is 0 Å². The molecule has 0 radical (unpaired) electrons. The zero-order valence-electron chi connectivity index (χ0n) is 11.8. The Labute approximate surface area is 142 Å². The summed E-state index contributed by atoms with van der Waals surface area (Å²) < 4.78 is 61.3. The summed E-state index contributed by atoms with van der Waals surface area (Å²) in [6, 6.07) is 2.68. The van der Waals surface area contributed by atoms with Gasteiger partial charge < -0.3 is 14.8 Å². The molecule has 0 amide bonds. The van der Waals surface area contributed by atoms with E-state index in [4.69, 9.17) is 0 Å². The molecule has 2 heterocycles. The Morgan fingerprint density at radius 1 is 1.04 bits per heavy atom. The number of alkyl halides is 4. The number of hydrogen-bond acceptors (Lipinski definition) is 4. The number of halogens is 6. The molecule has 23 heavy (non-hydrogen) atoms. The van der Waals surface area contributed by atoms with E-state index < -0.39 is 18.8 Å². The van der Waals surface area contributed by atoms with Crippen LogP contribution in [0.1, 0.15) is 11.6 Å². The van der Waals surface area contributed by atoms with Gasteiger partial charge in [0, 0.05) is 26.2 Å². The molecule has 1 aromatic carbocycles. The summed E-state index contributed by atoms with van der Waals surface area (Å²) in [5, 5.41) is 3.08. The van der Waals surface area contributed by atoms with Crippen LogP contribution in [0.4, 0.5) is 17.6 Å². The summed E-state index contributed by atoms with van der Waals surface area (Å²) in [5.74, 6) is -0.352. The highest BCUT2D eigenvalue weighted by atomic mass is 35.5. The standard InChI is InChI=1S/C13H14F4N2O2.2ClH/c14-12(15)11(19-5-3-18-4-6-19)8-1-2-9-10(7-8)21-13(16,17)20-9;;/h1-2,7,11-12,18H,3-6H2;2*1H/t11-;;/m0../s1. The van der Waals surface area contributed by atoms with E-state index in [1.54, 1.807) is 4.90 Å². The van der Waals surface area contributed by atoms with Gasteiger partial charge >= 0.3 is 6.29 Å². The van der Waals surface area contributed by atoms with Crippen molar-refractivity contribution in [2.75, 3.05) is 26.2 Å². The first-order chi connectivity index (χ1) is 9.96. The van der Waals surface area contributed by atoms with E-state index in [9.17, 15) is 17.6 Å². The second kappa shape index (κ2) is 7.74. The smallest absolute Gasteiger partial charge is 0.395 e. The van der Waals surface area contributed by atoms with Crippen LogP contribution in [0.2, 0.25) is 0 Å². The predicted molar refractivity (Wildman–Crippen MR) is 80.3 cm³/mol. The third kappa shape index (κ3) is 4.32. The fourth-order valence-corrected chi connectivity index (χ4v) is 2.63. The zero-order valence-corrected chi connectivity index (χ0v) is 13.4. The number of nitrogens with one attached hydrogen (secondary N) is 1. The van der Waals surface area contributed by atoms with Crippen LogP contribution in [0, 0.1) is 0 Å². The molecule has 0 saturated carbocycles. The maximum absolute atomic E-state index is 13.4. The molecule has 1 fully saturated rings. The van der Waals surface area contributed by atoms with Gasteiger partial charge in [-0.05, 0) is 17.7 Å². The molecule has 2 aliphatic heterocycles. The van der Waals surface area contributed by atoms with Crippen molar-refractivity contribution in [3.8, 4) is 11.5 Å². The first-order valence-electron chi connectivity index (χ1n) is 6.59.